The average molecular weight is 266 g/mol. The van der Waals surface area contributed by atoms with Crippen molar-refractivity contribution in [2.24, 2.45) is 0 Å². The first kappa shape index (κ1) is 13.2. The van der Waals surface area contributed by atoms with Gasteiger partial charge in [-0.05, 0) is 25.1 Å². The van der Waals surface area contributed by atoms with Gasteiger partial charge in [0, 0.05) is 18.2 Å². The van der Waals surface area contributed by atoms with Crippen molar-refractivity contribution in [3.63, 3.8) is 0 Å². The van der Waals surface area contributed by atoms with E-state index in [1.54, 1.807) is 6.92 Å². The van der Waals surface area contributed by atoms with E-state index >= 15 is 0 Å². The van der Waals surface area contributed by atoms with Gasteiger partial charge in [-0.25, -0.2) is 13.6 Å². The number of carbonyl (C=O) groups is 1. The number of hydrogen-bond acceptors (Lipinski definition) is 3. The summed E-state index contributed by atoms with van der Waals surface area (Å²) in [6, 6.07) is 4.62. The zero-order valence-electron chi connectivity index (χ0n) is 10.5. The van der Waals surface area contributed by atoms with Gasteiger partial charge in [0.15, 0.2) is 0 Å². The minimum atomic E-state index is -0.725. The van der Waals surface area contributed by atoms with Gasteiger partial charge in [0.2, 0.25) is 0 Å². The van der Waals surface area contributed by atoms with E-state index in [4.69, 9.17) is 0 Å². The van der Waals surface area contributed by atoms with Crippen molar-refractivity contribution >= 4 is 5.97 Å². The number of aryl methyl sites for hydroxylation is 1. The van der Waals surface area contributed by atoms with E-state index < -0.39 is 17.6 Å². The molecule has 0 amide bonds. The molecule has 0 unspecified atom stereocenters. The third kappa shape index (κ3) is 2.47. The number of esters is 1. The highest BCUT2D eigenvalue weighted by Crippen LogP contribution is 2.23. The maximum Gasteiger partial charge on any atom is 0.356 e. The second kappa shape index (κ2) is 5.17. The molecule has 19 heavy (non-hydrogen) atoms. The van der Waals surface area contributed by atoms with Crippen molar-refractivity contribution in [3.05, 3.63) is 41.6 Å². The lowest BCUT2D eigenvalue weighted by molar-refractivity contribution is 0.0587. The highest BCUT2D eigenvalue weighted by atomic mass is 19.1. The van der Waals surface area contributed by atoms with Crippen LogP contribution in [0.25, 0.3) is 11.3 Å². The lowest BCUT2D eigenvalue weighted by Gasteiger charge is -2.01. The third-order valence-corrected chi connectivity index (χ3v) is 2.68. The van der Waals surface area contributed by atoms with Gasteiger partial charge in [-0.3, -0.25) is 4.68 Å². The second-order valence-electron chi connectivity index (χ2n) is 3.85. The standard InChI is InChI=1S/C13H12F2N2O2/c1-3-17-12(13(18)19-2)7-11(16-17)9-5-4-8(14)6-10(9)15/h4-7H,3H2,1-2H3. The lowest BCUT2D eigenvalue weighted by atomic mass is 10.1. The van der Waals surface area contributed by atoms with E-state index in [2.05, 4.69) is 9.84 Å². The van der Waals surface area contributed by atoms with Crippen LogP contribution in [-0.4, -0.2) is 22.9 Å². The molecule has 0 fully saturated rings. The smallest absolute Gasteiger partial charge is 0.356 e. The van der Waals surface area contributed by atoms with Crippen LogP contribution in [0.4, 0.5) is 8.78 Å². The van der Waals surface area contributed by atoms with Gasteiger partial charge in [0.05, 0.1) is 12.8 Å². The number of hydrogen-bond donors (Lipinski definition) is 0. The van der Waals surface area contributed by atoms with Gasteiger partial charge in [0.1, 0.15) is 17.3 Å². The molecule has 0 bridgehead atoms. The van der Waals surface area contributed by atoms with Crippen LogP contribution >= 0.6 is 0 Å². The number of halogens is 2. The molecule has 0 N–H and O–H groups in total. The first-order chi connectivity index (χ1) is 9.06. The molecule has 100 valence electrons. The van der Waals surface area contributed by atoms with Gasteiger partial charge in [0.25, 0.3) is 0 Å². The minimum absolute atomic E-state index is 0.138. The van der Waals surface area contributed by atoms with Gasteiger partial charge in [-0.2, -0.15) is 5.10 Å². The molecule has 2 rings (SSSR count). The molecule has 0 saturated heterocycles. The van der Waals surface area contributed by atoms with E-state index in [9.17, 15) is 13.6 Å². The summed E-state index contributed by atoms with van der Waals surface area (Å²) in [5, 5.41) is 4.11. The monoisotopic (exact) mass is 266 g/mol. The zero-order valence-corrected chi connectivity index (χ0v) is 10.5. The Morgan fingerprint density at radius 3 is 2.68 bits per heavy atom. The van der Waals surface area contributed by atoms with E-state index in [-0.39, 0.29) is 17.0 Å². The maximum atomic E-state index is 13.7. The number of methoxy groups -OCH3 is 1. The maximum absolute atomic E-state index is 13.7. The predicted octanol–water partition coefficient (Wildman–Crippen LogP) is 2.63. The van der Waals surface area contributed by atoms with Crippen LogP contribution in [0.1, 0.15) is 17.4 Å². The molecule has 2 aromatic rings. The summed E-state index contributed by atoms with van der Waals surface area (Å²) in [4.78, 5) is 11.5. The molecule has 1 aromatic heterocycles. The predicted molar refractivity (Wildman–Crippen MR) is 64.6 cm³/mol. The summed E-state index contributed by atoms with van der Waals surface area (Å²) in [5.74, 6) is -1.94. The first-order valence-electron chi connectivity index (χ1n) is 5.68. The Bertz CT molecular complexity index is 623. The van der Waals surface area contributed by atoms with Crippen LogP contribution in [-0.2, 0) is 11.3 Å². The topological polar surface area (TPSA) is 44.1 Å². The number of aromatic nitrogens is 2. The number of rotatable bonds is 3. The Kier molecular flexibility index (Phi) is 3.59. The molecule has 0 saturated carbocycles. The Balaban J connectivity index is 2.51. The third-order valence-electron chi connectivity index (χ3n) is 2.68. The van der Waals surface area contributed by atoms with Gasteiger partial charge in [-0.15, -0.1) is 0 Å². The highest BCUT2D eigenvalue weighted by molar-refractivity contribution is 5.89. The molecule has 0 radical (unpaired) electrons. The van der Waals surface area contributed by atoms with Crippen molar-refractivity contribution in [2.45, 2.75) is 13.5 Å². The number of benzene rings is 1. The van der Waals surface area contributed by atoms with Gasteiger partial charge in [-0.1, -0.05) is 0 Å². The molecule has 6 heteroatoms. The molecular formula is C13H12F2N2O2. The largest absolute Gasteiger partial charge is 0.464 e. The summed E-state index contributed by atoms with van der Waals surface area (Å²) in [5.41, 5.74) is 0.627. The molecule has 0 spiro atoms. The average Bonchev–Trinajstić information content (AvgIpc) is 2.81. The van der Waals surface area contributed by atoms with Crippen LogP contribution in [0.3, 0.4) is 0 Å². The molecule has 0 aliphatic rings. The molecule has 0 aliphatic carbocycles. The minimum Gasteiger partial charge on any atom is -0.464 e. The Morgan fingerprint density at radius 2 is 2.11 bits per heavy atom. The van der Waals surface area contributed by atoms with Crippen molar-refractivity contribution in [1.82, 2.24) is 9.78 Å². The van der Waals surface area contributed by atoms with Crippen LogP contribution in [0.5, 0.6) is 0 Å². The molecular weight excluding hydrogens is 254 g/mol. The molecule has 0 aliphatic heterocycles. The molecule has 0 atom stereocenters. The summed E-state index contributed by atoms with van der Waals surface area (Å²) in [6.07, 6.45) is 0. The van der Waals surface area contributed by atoms with Crippen molar-refractivity contribution in [3.8, 4) is 11.3 Å². The summed E-state index contributed by atoms with van der Waals surface area (Å²) in [7, 11) is 1.26. The van der Waals surface area contributed by atoms with Crippen LogP contribution < -0.4 is 0 Å². The lowest BCUT2D eigenvalue weighted by Crippen LogP contribution is -2.10. The SMILES string of the molecule is CCn1nc(-c2ccc(F)cc2F)cc1C(=O)OC. The molecule has 4 nitrogen and oxygen atoms in total. The van der Waals surface area contributed by atoms with Crippen molar-refractivity contribution in [2.75, 3.05) is 7.11 Å². The normalized spacial score (nSPS) is 10.5. The fourth-order valence-corrected chi connectivity index (χ4v) is 1.76. The summed E-state index contributed by atoms with van der Waals surface area (Å²) >= 11 is 0. The second-order valence-corrected chi connectivity index (χ2v) is 3.85. The van der Waals surface area contributed by atoms with E-state index in [1.807, 2.05) is 0 Å². The quantitative estimate of drug-likeness (QED) is 0.802. The van der Waals surface area contributed by atoms with Crippen LogP contribution in [0.2, 0.25) is 0 Å². The van der Waals surface area contributed by atoms with E-state index in [0.29, 0.717) is 6.54 Å². The van der Waals surface area contributed by atoms with E-state index in [1.165, 1.54) is 23.9 Å². The number of carbonyl (C=O) groups excluding carboxylic acids is 1. The first-order valence-corrected chi connectivity index (χ1v) is 5.68. The van der Waals surface area contributed by atoms with Gasteiger partial charge < -0.3 is 4.74 Å². The molecule has 1 aromatic carbocycles. The number of ether oxygens (including phenoxy) is 1. The zero-order chi connectivity index (χ0) is 14.0. The Morgan fingerprint density at radius 1 is 1.37 bits per heavy atom. The van der Waals surface area contributed by atoms with E-state index in [0.717, 1.165) is 12.1 Å². The fourth-order valence-electron chi connectivity index (χ4n) is 1.76. The molecule has 1 heterocycles. The summed E-state index contributed by atoms with van der Waals surface area (Å²) < 4.78 is 32.5. The fraction of sp³-hybridized carbons (Fsp3) is 0.231. The van der Waals surface area contributed by atoms with Crippen molar-refractivity contribution < 1.29 is 18.3 Å². The van der Waals surface area contributed by atoms with Crippen LogP contribution in [0.15, 0.2) is 24.3 Å². The summed E-state index contributed by atoms with van der Waals surface area (Å²) in [6.45, 7) is 2.23. The number of nitrogens with zero attached hydrogens (tertiary/aromatic N) is 2. The Labute approximate surface area is 108 Å². The van der Waals surface area contributed by atoms with Crippen LogP contribution in [0, 0.1) is 11.6 Å². The van der Waals surface area contributed by atoms with Crippen molar-refractivity contribution in [1.29, 1.82) is 0 Å². The Hall–Kier alpha value is -2.24. The highest BCUT2D eigenvalue weighted by Gasteiger charge is 2.17. The van der Waals surface area contributed by atoms with Gasteiger partial charge >= 0.3 is 5.97 Å².